The highest BCUT2D eigenvalue weighted by molar-refractivity contribution is 6.48. The minimum Gasteiger partial charge on any atom is -0.497 e. The van der Waals surface area contributed by atoms with Crippen LogP contribution in [0.4, 0.5) is 5.69 Å². The summed E-state index contributed by atoms with van der Waals surface area (Å²) in [6.45, 7) is 5.26. The molecule has 1 fully saturated rings. The zero-order chi connectivity index (χ0) is 21.3. The van der Waals surface area contributed by atoms with Crippen LogP contribution in [-0.2, 0) is 14.4 Å². The van der Waals surface area contributed by atoms with Crippen LogP contribution in [0.5, 0.6) is 11.5 Å². The second kappa shape index (κ2) is 7.70. The lowest BCUT2D eigenvalue weighted by Gasteiger charge is -2.30. The Morgan fingerprint density at radius 3 is 2.10 bits per heavy atom. The standard InChI is InChI=1S/C23H25NO5/c1-23(2,3)21(26)18-19(16-8-6-7-9-17(16)29-5)24(22(27)20(18)25)14-10-12-15(28-4)13-11-14/h6-13,18-19H,1-5H3. The van der Waals surface area contributed by atoms with Crippen molar-refractivity contribution >= 4 is 23.2 Å². The number of rotatable bonds is 5. The molecule has 1 saturated heterocycles. The van der Waals surface area contributed by atoms with E-state index in [0.717, 1.165) is 0 Å². The van der Waals surface area contributed by atoms with Gasteiger partial charge in [-0.1, -0.05) is 39.0 Å². The fourth-order valence-corrected chi connectivity index (χ4v) is 3.65. The summed E-state index contributed by atoms with van der Waals surface area (Å²) in [7, 11) is 3.07. The van der Waals surface area contributed by atoms with E-state index in [4.69, 9.17) is 9.47 Å². The van der Waals surface area contributed by atoms with Crippen molar-refractivity contribution in [1.82, 2.24) is 0 Å². The number of methoxy groups -OCH3 is 2. The smallest absolute Gasteiger partial charge is 0.295 e. The van der Waals surface area contributed by atoms with Gasteiger partial charge in [-0.25, -0.2) is 0 Å². The molecule has 0 spiro atoms. The molecular formula is C23H25NO5. The first-order valence-electron chi connectivity index (χ1n) is 9.39. The molecule has 2 aromatic carbocycles. The zero-order valence-electron chi connectivity index (χ0n) is 17.3. The Hall–Kier alpha value is -3.15. The molecule has 0 aromatic heterocycles. The van der Waals surface area contributed by atoms with Gasteiger partial charge in [-0.3, -0.25) is 19.3 Å². The van der Waals surface area contributed by atoms with Gasteiger partial charge in [0.05, 0.1) is 20.3 Å². The first-order valence-corrected chi connectivity index (χ1v) is 9.39. The number of hydrogen-bond acceptors (Lipinski definition) is 5. The number of anilines is 1. The average molecular weight is 395 g/mol. The maximum Gasteiger partial charge on any atom is 0.295 e. The molecule has 0 aliphatic carbocycles. The van der Waals surface area contributed by atoms with Gasteiger partial charge in [0.15, 0.2) is 5.78 Å². The maximum atomic E-state index is 13.2. The number of amides is 1. The van der Waals surface area contributed by atoms with E-state index in [9.17, 15) is 14.4 Å². The van der Waals surface area contributed by atoms with Crippen LogP contribution in [0.2, 0.25) is 0 Å². The number of carbonyl (C=O) groups is 3. The summed E-state index contributed by atoms with van der Waals surface area (Å²) in [5.41, 5.74) is 0.355. The first kappa shape index (κ1) is 20.6. The van der Waals surface area contributed by atoms with Crippen LogP contribution in [0.1, 0.15) is 32.4 Å². The number of ether oxygens (including phenoxy) is 2. The van der Waals surface area contributed by atoms with Gasteiger partial charge in [0.1, 0.15) is 17.4 Å². The monoisotopic (exact) mass is 395 g/mol. The minimum absolute atomic E-state index is 0.275. The van der Waals surface area contributed by atoms with E-state index < -0.39 is 29.1 Å². The Kier molecular flexibility index (Phi) is 5.46. The fraction of sp³-hybridized carbons (Fsp3) is 0.348. The normalized spacial score (nSPS) is 19.4. The van der Waals surface area contributed by atoms with Crippen LogP contribution in [0.3, 0.4) is 0 Å². The Bertz CT molecular complexity index is 942. The highest BCUT2D eigenvalue weighted by Gasteiger charge is 2.54. The molecule has 0 saturated carbocycles. The number of para-hydroxylation sites is 1. The Morgan fingerprint density at radius 2 is 1.55 bits per heavy atom. The maximum absolute atomic E-state index is 13.2. The van der Waals surface area contributed by atoms with Crippen molar-refractivity contribution in [3.8, 4) is 11.5 Å². The first-order chi connectivity index (χ1) is 13.7. The Morgan fingerprint density at radius 1 is 0.931 bits per heavy atom. The lowest BCUT2D eigenvalue weighted by atomic mass is 9.77. The molecule has 1 aliphatic rings. The van der Waals surface area contributed by atoms with Gasteiger partial charge in [0.2, 0.25) is 5.78 Å². The number of Topliss-reactive ketones (excluding diaryl/α,β-unsaturated/α-hetero) is 2. The van der Waals surface area contributed by atoms with Crippen LogP contribution in [0.25, 0.3) is 0 Å². The van der Waals surface area contributed by atoms with Crippen molar-refractivity contribution in [2.75, 3.05) is 19.1 Å². The summed E-state index contributed by atoms with van der Waals surface area (Å²) in [6.07, 6.45) is 0. The molecule has 2 atom stereocenters. The molecule has 1 heterocycles. The third-order valence-corrected chi connectivity index (χ3v) is 5.14. The number of hydrogen-bond donors (Lipinski definition) is 0. The van der Waals surface area contributed by atoms with Crippen molar-refractivity contribution in [2.24, 2.45) is 11.3 Å². The SMILES string of the molecule is COc1ccc(N2C(=O)C(=O)C(C(=O)C(C)(C)C)C2c2ccccc2OC)cc1. The van der Waals surface area contributed by atoms with Crippen molar-refractivity contribution in [3.63, 3.8) is 0 Å². The van der Waals surface area contributed by atoms with Gasteiger partial charge >= 0.3 is 0 Å². The van der Waals surface area contributed by atoms with Gasteiger partial charge in [-0.05, 0) is 30.3 Å². The van der Waals surface area contributed by atoms with Crippen molar-refractivity contribution < 1.29 is 23.9 Å². The van der Waals surface area contributed by atoms with Gasteiger partial charge in [-0.15, -0.1) is 0 Å². The fourth-order valence-electron chi connectivity index (χ4n) is 3.65. The molecule has 0 N–H and O–H groups in total. The summed E-state index contributed by atoms with van der Waals surface area (Å²) in [5.74, 6) is -1.64. The van der Waals surface area contributed by atoms with E-state index >= 15 is 0 Å². The van der Waals surface area contributed by atoms with E-state index in [1.807, 2.05) is 0 Å². The number of benzene rings is 2. The number of ketones is 2. The molecule has 0 bridgehead atoms. The molecule has 1 aliphatic heterocycles. The molecule has 0 radical (unpaired) electrons. The van der Waals surface area contributed by atoms with Crippen LogP contribution in [-0.4, -0.2) is 31.7 Å². The van der Waals surface area contributed by atoms with Crippen molar-refractivity contribution in [1.29, 1.82) is 0 Å². The summed E-state index contributed by atoms with van der Waals surface area (Å²) < 4.78 is 10.7. The summed E-state index contributed by atoms with van der Waals surface area (Å²) in [6, 6.07) is 13.2. The van der Waals surface area contributed by atoms with Crippen LogP contribution in [0.15, 0.2) is 48.5 Å². The molecule has 3 rings (SSSR count). The summed E-state index contributed by atoms with van der Waals surface area (Å²) >= 11 is 0. The van der Waals surface area contributed by atoms with Crippen LogP contribution < -0.4 is 14.4 Å². The largest absolute Gasteiger partial charge is 0.497 e. The van der Waals surface area contributed by atoms with Gasteiger partial charge in [-0.2, -0.15) is 0 Å². The van der Waals surface area contributed by atoms with Gasteiger partial charge < -0.3 is 9.47 Å². The lowest BCUT2D eigenvalue weighted by molar-refractivity contribution is -0.141. The molecule has 152 valence electrons. The highest BCUT2D eigenvalue weighted by atomic mass is 16.5. The molecule has 6 nitrogen and oxygen atoms in total. The predicted molar refractivity (Wildman–Crippen MR) is 109 cm³/mol. The number of carbonyl (C=O) groups excluding carboxylic acids is 3. The Balaban J connectivity index is 2.20. The Labute approximate surface area is 170 Å². The van der Waals surface area contributed by atoms with E-state index in [-0.39, 0.29) is 5.78 Å². The van der Waals surface area contributed by atoms with E-state index in [1.165, 1.54) is 12.0 Å². The lowest BCUT2D eigenvalue weighted by Crippen LogP contribution is -2.36. The second-order valence-electron chi connectivity index (χ2n) is 8.02. The predicted octanol–water partition coefficient (Wildman–Crippen LogP) is 3.59. The zero-order valence-corrected chi connectivity index (χ0v) is 17.3. The molecule has 1 amide bonds. The van der Waals surface area contributed by atoms with E-state index in [1.54, 1.807) is 76.4 Å². The minimum atomic E-state index is -1.11. The van der Waals surface area contributed by atoms with Crippen molar-refractivity contribution in [3.05, 3.63) is 54.1 Å². The van der Waals surface area contributed by atoms with E-state index in [0.29, 0.717) is 22.7 Å². The quantitative estimate of drug-likeness (QED) is 0.571. The van der Waals surface area contributed by atoms with Crippen LogP contribution in [0, 0.1) is 11.3 Å². The topological polar surface area (TPSA) is 72.9 Å². The third kappa shape index (κ3) is 3.62. The average Bonchev–Trinajstić information content (AvgIpc) is 2.97. The summed E-state index contributed by atoms with van der Waals surface area (Å²) in [4.78, 5) is 40.7. The molecular weight excluding hydrogens is 370 g/mol. The molecule has 6 heteroatoms. The third-order valence-electron chi connectivity index (χ3n) is 5.14. The van der Waals surface area contributed by atoms with Crippen LogP contribution >= 0.6 is 0 Å². The van der Waals surface area contributed by atoms with Gasteiger partial charge in [0, 0.05) is 16.7 Å². The highest BCUT2D eigenvalue weighted by Crippen LogP contribution is 2.45. The van der Waals surface area contributed by atoms with E-state index in [2.05, 4.69) is 0 Å². The van der Waals surface area contributed by atoms with Crippen molar-refractivity contribution in [2.45, 2.75) is 26.8 Å². The molecule has 2 aromatic rings. The number of nitrogens with zero attached hydrogens (tertiary/aromatic N) is 1. The van der Waals surface area contributed by atoms with Gasteiger partial charge in [0.25, 0.3) is 5.91 Å². The summed E-state index contributed by atoms with van der Waals surface area (Å²) in [5, 5.41) is 0. The molecule has 2 unspecified atom stereocenters. The molecule has 29 heavy (non-hydrogen) atoms. The second-order valence-corrected chi connectivity index (χ2v) is 8.02.